The van der Waals surface area contributed by atoms with E-state index in [0.717, 1.165) is 18.2 Å². The molecule has 0 saturated carbocycles. The molecule has 0 spiro atoms. The lowest BCUT2D eigenvalue weighted by Crippen LogP contribution is -2.60. The van der Waals surface area contributed by atoms with E-state index in [1.807, 2.05) is 0 Å². The van der Waals surface area contributed by atoms with Crippen molar-refractivity contribution in [1.82, 2.24) is 0 Å². The lowest BCUT2D eigenvalue weighted by atomic mass is 9.99. The lowest BCUT2D eigenvalue weighted by molar-refractivity contribution is -0.277. The molecule has 0 radical (unpaired) electrons. The van der Waals surface area contributed by atoms with E-state index in [1.165, 1.54) is 6.07 Å². The Balaban J connectivity index is 1.87. The van der Waals surface area contributed by atoms with Gasteiger partial charge < -0.3 is 49.6 Å². The molecule has 3 aromatic rings. The molecule has 11 nitrogen and oxygen atoms in total. The third-order valence-electron chi connectivity index (χ3n) is 4.93. The van der Waals surface area contributed by atoms with Crippen molar-refractivity contribution in [3.05, 3.63) is 34.5 Å². The van der Waals surface area contributed by atoms with Crippen molar-refractivity contribution in [3.8, 4) is 23.0 Å². The molecule has 0 aliphatic carbocycles. The van der Waals surface area contributed by atoms with Gasteiger partial charge in [0.15, 0.2) is 11.5 Å². The standard InChI is InChI=1S/C19H18O11/c20-5-11-15(24)17(26)18(27)19(30-11)29-10-4-6(21)3-9-12(10)16(25)13-8(28-9)2-1-7(22)14(13)23/h1-4,11,15,17-24,26-27H,5H2/t11-,15-,17-,18-,19+/m0/s1. The molecule has 0 bridgehead atoms. The Morgan fingerprint density at radius 2 is 1.67 bits per heavy atom. The summed E-state index contributed by atoms with van der Waals surface area (Å²) < 4.78 is 16.3. The number of aliphatic hydroxyl groups excluding tert-OH is 4. The van der Waals surface area contributed by atoms with E-state index >= 15 is 0 Å². The molecule has 4 rings (SSSR count). The van der Waals surface area contributed by atoms with E-state index < -0.39 is 54.2 Å². The van der Waals surface area contributed by atoms with Gasteiger partial charge in [-0.1, -0.05) is 0 Å². The fourth-order valence-electron chi connectivity index (χ4n) is 3.37. The zero-order valence-corrected chi connectivity index (χ0v) is 15.2. The molecule has 1 aliphatic heterocycles. The number of hydrogen-bond acceptors (Lipinski definition) is 11. The van der Waals surface area contributed by atoms with Gasteiger partial charge in [-0.3, -0.25) is 4.79 Å². The molecule has 1 aliphatic rings. The van der Waals surface area contributed by atoms with Gasteiger partial charge in [-0.15, -0.1) is 0 Å². The van der Waals surface area contributed by atoms with Crippen molar-refractivity contribution >= 4 is 21.9 Å². The number of phenolic OH excluding ortho intramolecular Hbond substituents is 3. The highest BCUT2D eigenvalue weighted by atomic mass is 16.7. The van der Waals surface area contributed by atoms with Crippen molar-refractivity contribution in [2.45, 2.75) is 30.7 Å². The number of ether oxygens (including phenoxy) is 2. The molecule has 7 N–H and O–H groups in total. The van der Waals surface area contributed by atoms with Crippen LogP contribution in [0.15, 0.2) is 33.5 Å². The second-order valence-electron chi connectivity index (χ2n) is 6.87. The van der Waals surface area contributed by atoms with Crippen LogP contribution in [0.25, 0.3) is 21.9 Å². The minimum atomic E-state index is -1.76. The van der Waals surface area contributed by atoms with Crippen LogP contribution in [0.4, 0.5) is 0 Å². The Bertz CT molecular complexity index is 1170. The number of aromatic hydroxyl groups is 3. The zero-order valence-electron chi connectivity index (χ0n) is 15.2. The average molecular weight is 422 g/mol. The summed E-state index contributed by atoms with van der Waals surface area (Å²) in [5.74, 6) is -1.96. The lowest BCUT2D eigenvalue weighted by Gasteiger charge is -2.39. The Kier molecular flexibility index (Phi) is 4.92. The van der Waals surface area contributed by atoms with Crippen LogP contribution >= 0.6 is 0 Å². The van der Waals surface area contributed by atoms with Crippen LogP contribution in [-0.4, -0.2) is 73.1 Å². The molecule has 1 aromatic heterocycles. The Hall–Kier alpha value is -3.09. The highest BCUT2D eigenvalue weighted by Gasteiger charge is 2.45. The van der Waals surface area contributed by atoms with Gasteiger partial charge in [0.25, 0.3) is 0 Å². The van der Waals surface area contributed by atoms with Gasteiger partial charge in [-0.25, -0.2) is 0 Å². The topological polar surface area (TPSA) is 190 Å². The molecule has 2 aromatic carbocycles. The summed E-state index contributed by atoms with van der Waals surface area (Å²) in [6.45, 7) is -0.689. The molecule has 30 heavy (non-hydrogen) atoms. The quantitative estimate of drug-likeness (QED) is 0.207. The minimum absolute atomic E-state index is 0.0628. The SMILES string of the molecule is O=c1c2c(O[C@@H]3O[C@@H](CO)[C@H](O)[C@H](O)[C@@H]3O)cc(O)cc2oc2ccc(O)c(O)c12. The smallest absolute Gasteiger partial charge is 0.229 e. The third kappa shape index (κ3) is 3.09. The number of phenols is 3. The first-order valence-electron chi connectivity index (χ1n) is 8.84. The molecule has 2 heterocycles. The van der Waals surface area contributed by atoms with Crippen LogP contribution in [0.2, 0.25) is 0 Å². The zero-order chi connectivity index (χ0) is 21.7. The van der Waals surface area contributed by atoms with Gasteiger partial charge >= 0.3 is 0 Å². The van der Waals surface area contributed by atoms with E-state index in [0.29, 0.717) is 0 Å². The van der Waals surface area contributed by atoms with E-state index in [-0.39, 0.29) is 33.4 Å². The van der Waals surface area contributed by atoms with Crippen LogP contribution in [0.1, 0.15) is 0 Å². The van der Waals surface area contributed by atoms with Gasteiger partial charge in [-0.05, 0) is 12.1 Å². The van der Waals surface area contributed by atoms with Crippen molar-refractivity contribution in [3.63, 3.8) is 0 Å². The van der Waals surface area contributed by atoms with Crippen LogP contribution < -0.4 is 10.2 Å². The predicted octanol–water partition coefficient (Wildman–Crippen LogP) is -0.758. The van der Waals surface area contributed by atoms with Crippen LogP contribution in [0.3, 0.4) is 0 Å². The number of rotatable bonds is 3. The van der Waals surface area contributed by atoms with E-state index in [9.17, 15) is 40.5 Å². The van der Waals surface area contributed by atoms with Crippen molar-refractivity contribution < 1.29 is 49.6 Å². The third-order valence-corrected chi connectivity index (χ3v) is 4.93. The summed E-state index contributed by atoms with van der Waals surface area (Å²) in [6.07, 6.45) is -7.97. The molecule has 160 valence electrons. The maximum absolute atomic E-state index is 13.0. The van der Waals surface area contributed by atoms with Gasteiger partial charge in [0, 0.05) is 12.1 Å². The Morgan fingerprint density at radius 1 is 0.933 bits per heavy atom. The number of hydrogen-bond donors (Lipinski definition) is 7. The first kappa shape index (κ1) is 20.2. The molecule has 0 amide bonds. The Labute approximate surface area is 167 Å². The second-order valence-corrected chi connectivity index (χ2v) is 6.87. The second kappa shape index (κ2) is 7.31. The number of aliphatic hydroxyl groups is 4. The van der Waals surface area contributed by atoms with Crippen LogP contribution in [0.5, 0.6) is 23.0 Å². The fourth-order valence-corrected chi connectivity index (χ4v) is 3.37. The highest BCUT2D eigenvalue weighted by molar-refractivity contribution is 5.97. The first-order valence-corrected chi connectivity index (χ1v) is 8.84. The molecule has 1 fully saturated rings. The van der Waals surface area contributed by atoms with Crippen LogP contribution in [-0.2, 0) is 4.74 Å². The highest BCUT2D eigenvalue weighted by Crippen LogP contribution is 2.37. The molecule has 11 heteroatoms. The summed E-state index contributed by atoms with van der Waals surface area (Å²) in [6, 6.07) is 4.53. The number of benzene rings is 2. The van der Waals surface area contributed by atoms with E-state index in [4.69, 9.17) is 13.9 Å². The molecular weight excluding hydrogens is 404 g/mol. The molecular formula is C19H18O11. The molecule has 0 unspecified atom stereocenters. The maximum atomic E-state index is 13.0. The number of fused-ring (bicyclic) bond motifs is 2. The predicted molar refractivity (Wildman–Crippen MR) is 99.4 cm³/mol. The van der Waals surface area contributed by atoms with E-state index in [2.05, 4.69) is 0 Å². The normalized spacial score (nSPS) is 26.9. The fraction of sp³-hybridized carbons (Fsp3) is 0.316. The van der Waals surface area contributed by atoms with Crippen molar-refractivity contribution in [2.75, 3.05) is 6.61 Å². The summed E-state index contributed by atoms with van der Waals surface area (Å²) in [7, 11) is 0. The maximum Gasteiger partial charge on any atom is 0.229 e. The van der Waals surface area contributed by atoms with Gasteiger partial charge in [0.05, 0.1) is 6.61 Å². The molecule has 5 atom stereocenters. The van der Waals surface area contributed by atoms with Gasteiger partial charge in [-0.2, -0.15) is 0 Å². The summed E-state index contributed by atoms with van der Waals surface area (Å²) in [5, 5.41) is 68.4. The summed E-state index contributed by atoms with van der Waals surface area (Å²) in [4.78, 5) is 13.0. The summed E-state index contributed by atoms with van der Waals surface area (Å²) in [5.41, 5.74) is -0.997. The largest absolute Gasteiger partial charge is 0.508 e. The monoisotopic (exact) mass is 422 g/mol. The van der Waals surface area contributed by atoms with E-state index in [1.54, 1.807) is 0 Å². The van der Waals surface area contributed by atoms with Crippen LogP contribution in [0, 0.1) is 0 Å². The summed E-state index contributed by atoms with van der Waals surface area (Å²) >= 11 is 0. The first-order chi connectivity index (χ1) is 14.2. The Morgan fingerprint density at radius 3 is 2.37 bits per heavy atom. The van der Waals surface area contributed by atoms with Gasteiger partial charge in [0.1, 0.15) is 57.9 Å². The average Bonchev–Trinajstić information content (AvgIpc) is 2.70. The van der Waals surface area contributed by atoms with Crippen molar-refractivity contribution in [2.24, 2.45) is 0 Å². The van der Waals surface area contributed by atoms with Gasteiger partial charge in [0.2, 0.25) is 11.7 Å². The molecule has 1 saturated heterocycles. The van der Waals surface area contributed by atoms with Crippen molar-refractivity contribution in [1.29, 1.82) is 0 Å². The minimum Gasteiger partial charge on any atom is -0.508 e.